The van der Waals surface area contributed by atoms with Crippen LogP contribution in [0.4, 0.5) is 0 Å². The first-order valence-corrected chi connectivity index (χ1v) is 4.26. The first-order valence-electron chi connectivity index (χ1n) is 4.26. The van der Waals surface area contributed by atoms with Gasteiger partial charge in [0.25, 0.3) is 0 Å². The lowest BCUT2D eigenvalue weighted by molar-refractivity contribution is -0.128. The number of hydrogen-bond donors (Lipinski definition) is 0. The lowest BCUT2D eigenvalue weighted by Crippen LogP contribution is -2.36. The van der Waals surface area contributed by atoms with Crippen molar-refractivity contribution < 1.29 is 14.3 Å². The molecule has 2 rings (SSSR count). The largest absolute Gasteiger partial charge is 0.371 e. The summed E-state index contributed by atoms with van der Waals surface area (Å²) in [5, 5.41) is 0. The van der Waals surface area contributed by atoms with Crippen molar-refractivity contribution in [3.8, 4) is 0 Å². The summed E-state index contributed by atoms with van der Waals surface area (Å²) in [6, 6.07) is 0. The maximum absolute atomic E-state index is 11.0. The van der Waals surface area contributed by atoms with Gasteiger partial charge in [0.1, 0.15) is 12.2 Å². The van der Waals surface area contributed by atoms with Crippen molar-refractivity contribution in [1.82, 2.24) is 4.90 Å². The minimum absolute atomic E-state index is 0.108. The van der Waals surface area contributed by atoms with Crippen molar-refractivity contribution in [2.75, 3.05) is 26.3 Å². The van der Waals surface area contributed by atoms with Crippen LogP contribution in [0.15, 0.2) is 0 Å². The van der Waals surface area contributed by atoms with Crippen LogP contribution in [0.5, 0.6) is 0 Å². The monoisotopic (exact) mass is 171 g/mol. The predicted molar refractivity (Wildman–Crippen MR) is 41.7 cm³/mol. The molecule has 4 nitrogen and oxygen atoms in total. The fourth-order valence-corrected chi connectivity index (χ4v) is 1.72. The standard InChI is InChI=1S/C8H13NO3/c1-6(10)9-4-7-8(5-9)12-3-2-11-7/h7-8H,2-5H2,1H3. The Hall–Kier alpha value is -0.610. The van der Waals surface area contributed by atoms with Gasteiger partial charge in [-0.05, 0) is 0 Å². The molecule has 0 spiro atoms. The van der Waals surface area contributed by atoms with Crippen LogP contribution >= 0.6 is 0 Å². The van der Waals surface area contributed by atoms with Crippen LogP contribution in [0.25, 0.3) is 0 Å². The summed E-state index contributed by atoms with van der Waals surface area (Å²) in [7, 11) is 0. The van der Waals surface area contributed by atoms with E-state index in [1.807, 2.05) is 0 Å². The average Bonchev–Trinajstić information content (AvgIpc) is 2.46. The van der Waals surface area contributed by atoms with Gasteiger partial charge in [-0.1, -0.05) is 0 Å². The van der Waals surface area contributed by atoms with Gasteiger partial charge >= 0.3 is 0 Å². The Bertz CT molecular complexity index is 181. The molecule has 2 fully saturated rings. The summed E-state index contributed by atoms with van der Waals surface area (Å²) in [5.74, 6) is 0.108. The van der Waals surface area contributed by atoms with Crippen LogP contribution < -0.4 is 0 Å². The van der Waals surface area contributed by atoms with Crippen molar-refractivity contribution in [1.29, 1.82) is 0 Å². The number of nitrogens with zero attached hydrogens (tertiary/aromatic N) is 1. The van der Waals surface area contributed by atoms with Crippen LogP contribution in [-0.2, 0) is 14.3 Å². The highest BCUT2D eigenvalue weighted by Gasteiger charge is 2.37. The Kier molecular flexibility index (Phi) is 2.02. The molecule has 0 aromatic rings. The van der Waals surface area contributed by atoms with Crippen LogP contribution in [-0.4, -0.2) is 49.3 Å². The molecule has 2 atom stereocenters. The molecule has 0 aliphatic carbocycles. The van der Waals surface area contributed by atoms with Gasteiger partial charge in [0.05, 0.1) is 13.2 Å². The van der Waals surface area contributed by atoms with E-state index >= 15 is 0 Å². The number of likely N-dealkylation sites (tertiary alicyclic amines) is 1. The zero-order valence-electron chi connectivity index (χ0n) is 7.16. The first-order chi connectivity index (χ1) is 5.77. The third-order valence-corrected chi connectivity index (χ3v) is 2.41. The van der Waals surface area contributed by atoms with E-state index in [4.69, 9.17) is 9.47 Å². The van der Waals surface area contributed by atoms with Crippen LogP contribution in [0, 0.1) is 0 Å². The second-order valence-electron chi connectivity index (χ2n) is 3.24. The molecule has 0 bridgehead atoms. The summed E-state index contributed by atoms with van der Waals surface area (Å²) >= 11 is 0. The summed E-state index contributed by atoms with van der Waals surface area (Å²) in [6.07, 6.45) is 0.227. The number of rotatable bonds is 0. The molecule has 2 aliphatic heterocycles. The molecule has 2 heterocycles. The minimum atomic E-state index is 0.108. The van der Waals surface area contributed by atoms with E-state index in [2.05, 4.69) is 0 Å². The van der Waals surface area contributed by atoms with Gasteiger partial charge in [0, 0.05) is 20.0 Å². The highest BCUT2D eigenvalue weighted by molar-refractivity contribution is 5.73. The van der Waals surface area contributed by atoms with E-state index in [9.17, 15) is 4.79 Å². The average molecular weight is 171 g/mol. The van der Waals surface area contributed by atoms with Crippen molar-refractivity contribution >= 4 is 5.91 Å². The van der Waals surface area contributed by atoms with Crippen molar-refractivity contribution in [3.05, 3.63) is 0 Å². The first kappa shape index (κ1) is 8.01. The smallest absolute Gasteiger partial charge is 0.219 e. The Balaban J connectivity index is 1.98. The van der Waals surface area contributed by atoms with E-state index in [0.717, 1.165) is 0 Å². The molecule has 2 unspecified atom stereocenters. The molecule has 0 saturated carbocycles. The molecule has 0 aromatic heterocycles. The Labute approximate surface area is 71.4 Å². The van der Waals surface area contributed by atoms with Gasteiger partial charge in [-0.3, -0.25) is 4.79 Å². The van der Waals surface area contributed by atoms with E-state index in [1.54, 1.807) is 11.8 Å². The van der Waals surface area contributed by atoms with E-state index in [0.29, 0.717) is 26.3 Å². The zero-order valence-corrected chi connectivity index (χ0v) is 7.16. The molecule has 0 aromatic carbocycles. The Morgan fingerprint density at radius 2 is 1.75 bits per heavy atom. The summed E-state index contributed by atoms with van der Waals surface area (Å²) in [4.78, 5) is 12.8. The van der Waals surface area contributed by atoms with Crippen molar-refractivity contribution in [3.63, 3.8) is 0 Å². The van der Waals surface area contributed by atoms with Gasteiger partial charge in [0.2, 0.25) is 5.91 Å². The van der Waals surface area contributed by atoms with Crippen molar-refractivity contribution in [2.24, 2.45) is 0 Å². The van der Waals surface area contributed by atoms with Gasteiger partial charge in [-0.25, -0.2) is 0 Å². The third kappa shape index (κ3) is 1.32. The molecular formula is C8H13NO3. The number of carbonyl (C=O) groups is 1. The molecule has 68 valence electrons. The SMILES string of the molecule is CC(=O)N1CC2OCCOC2C1. The van der Waals surface area contributed by atoms with Gasteiger partial charge in [-0.15, -0.1) is 0 Å². The minimum Gasteiger partial charge on any atom is -0.371 e. The summed E-state index contributed by atoms with van der Waals surface area (Å²) in [6.45, 7) is 4.29. The predicted octanol–water partition coefficient (Wildman–Crippen LogP) is -0.368. The fraction of sp³-hybridized carbons (Fsp3) is 0.875. The zero-order chi connectivity index (χ0) is 8.55. The van der Waals surface area contributed by atoms with Crippen molar-refractivity contribution in [2.45, 2.75) is 19.1 Å². The quantitative estimate of drug-likeness (QED) is 0.499. The normalized spacial score (nSPS) is 34.9. The van der Waals surface area contributed by atoms with Crippen LogP contribution in [0.2, 0.25) is 0 Å². The Morgan fingerprint density at radius 1 is 1.25 bits per heavy atom. The van der Waals surface area contributed by atoms with Gasteiger partial charge in [0.15, 0.2) is 0 Å². The maximum Gasteiger partial charge on any atom is 0.219 e. The van der Waals surface area contributed by atoms with Gasteiger partial charge < -0.3 is 14.4 Å². The summed E-state index contributed by atoms with van der Waals surface area (Å²) in [5.41, 5.74) is 0. The lowest BCUT2D eigenvalue weighted by Gasteiger charge is -2.24. The lowest BCUT2D eigenvalue weighted by atomic mass is 10.2. The number of amides is 1. The molecule has 2 aliphatic rings. The second-order valence-corrected chi connectivity index (χ2v) is 3.24. The number of ether oxygens (including phenoxy) is 2. The fourth-order valence-electron chi connectivity index (χ4n) is 1.72. The number of hydrogen-bond acceptors (Lipinski definition) is 3. The molecular weight excluding hydrogens is 158 g/mol. The maximum atomic E-state index is 11.0. The molecule has 0 N–H and O–H groups in total. The molecule has 0 radical (unpaired) electrons. The van der Waals surface area contributed by atoms with Crippen LogP contribution in [0.1, 0.15) is 6.92 Å². The number of carbonyl (C=O) groups excluding carboxylic acids is 1. The van der Waals surface area contributed by atoms with E-state index in [1.165, 1.54) is 0 Å². The number of fused-ring (bicyclic) bond motifs is 1. The highest BCUT2D eigenvalue weighted by Crippen LogP contribution is 2.19. The molecule has 12 heavy (non-hydrogen) atoms. The highest BCUT2D eigenvalue weighted by atomic mass is 16.6. The van der Waals surface area contributed by atoms with Gasteiger partial charge in [-0.2, -0.15) is 0 Å². The summed E-state index contributed by atoms with van der Waals surface area (Å²) < 4.78 is 10.9. The second kappa shape index (κ2) is 3.03. The van der Waals surface area contributed by atoms with E-state index in [-0.39, 0.29) is 18.1 Å². The molecule has 4 heteroatoms. The Morgan fingerprint density at radius 3 is 2.17 bits per heavy atom. The molecule has 2 saturated heterocycles. The topological polar surface area (TPSA) is 38.8 Å². The molecule has 1 amide bonds. The van der Waals surface area contributed by atoms with E-state index < -0.39 is 0 Å². The van der Waals surface area contributed by atoms with Crippen LogP contribution in [0.3, 0.4) is 0 Å². The third-order valence-electron chi connectivity index (χ3n) is 2.41.